The Morgan fingerprint density at radius 3 is 2.62 bits per heavy atom. The number of fused-ring (bicyclic) bond motifs is 2. The van der Waals surface area contributed by atoms with Gasteiger partial charge >= 0.3 is 5.97 Å². The first-order chi connectivity index (χ1) is 14.1. The SMILES string of the molecule is CCOC(=O)C1=CSC(=Nc2ccccc2)C12C(=O)N(CC)c1cccc(Cl)c12. The van der Waals surface area contributed by atoms with Gasteiger partial charge in [0.05, 0.1) is 23.6 Å². The number of benzene rings is 2. The lowest BCUT2D eigenvalue weighted by Crippen LogP contribution is -2.46. The summed E-state index contributed by atoms with van der Waals surface area (Å²) in [6, 6.07) is 14.8. The van der Waals surface area contributed by atoms with Gasteiger partial charge in [-0.15, -0.1) is 0 Å². The molecule has 1 spiro atoms. The molecule has 4 rings (SSSR count). The standard InChI is InChI=1S/C22H19ClN2O3S/c1-3-25-17-12-8-11-16(23)18(17)22(21(25)27)15(19(26)28-4-2)13-29-20(22)24-14-9-6-5-7-10-14/h5-13H,3-4H2,1-2H3. The molecule has 0 saturated heterocycles. The first-order valence-corrected chi connectivity index (χ1v) is 10.6. The fraction of sp³-hybridized carbons (Fsp3) is 0.227. The third kappa shape index (κ3) is 2.90. The van der Waals surface area contributed by atoms with Crippen LogP contribution in [0.4, 0.5) is 11.4 Å². The van der Waals surface area contributed by atoms with Crippen molar-refractivity contribution in [3.05, 3.63) is 70.1 Å². The van der Waals surface area contributed by atoms with E-state index in [1.54, 1.807) is 29.4 Å². The van der Waals surface area contributed by atoms with Gasteiger partial charge in [0.25, 0.3) is 0 Å². The van der Waals surface area contributed by atoms with Crippen LogP contribution in [0.25, 0.3) is 0 Å². The topological polar surface area (TPSA) is 59.0 Å². The molecule has 2 aliphatic rings. The minimum Gasteiger partial charge on any atom is -0.463 e. The van der Waals surface area contributed by atoms with Crippen molar-refractivity contribution in [1.29, 1.82) is 0 Å². The molecule has 0 saturated carbocycles. The number of likely N-dealkylation sites (N-methyl/N-ethyl adjacent to an activating group) is 1. The first-order valence-electron chi connectivity index (χ1n) is 9.35. The number of esters is 1. The molecule has 148 valence electrons. The van der Waals surface area contributed by atoms with Crippen LogP contribution in [-0.2, 0) is 19.7 Å². The van der Waals surface area contributed by atoms with Gasteiger partial charge in [-0.25, -0.2) is 9.79 Å². The van der Waals surface area contributed by atoms with Crippen LogP contribution in [0.5, 0.6) is 0 Å². The molecule has 7 heteroatoms. The molecule has 1 unspecified atom stereocenters. The molecule has 29 heavy (non-hydrogen) atoms. The summed E-state index contributed by atoms with van der Waals surface area (Å²) >= 11 is 7.88. The number of rotatable bonds is 4. The Kier molecular flexibility index (Phi) is 5.23. The summed E-state index contributed by atoms with van der Waals surface area (Å²) < 4.78 is 5.29. The van der Waals surface area contributed by atoms with Crippen molar-refractivity contribution in [2.75, 3.05) is 18.1 Å². The Hall–Kier alpha value is -2.57. The quantitative estimate of drug-likeness (QED) is 0.654. The molecule has 5 nitrogen and oxygen atoms in total. The van der Waals surface area contributed by atoms with Gasteiger partial charge in [-0.05, 0) is 43.5 Å². The van der Waals surface area contributed by atoms with Crippen LogP contribution in [0.15, 0.2) is 64.5 Å². The number of carbonyl (C=O) groups excluding carboxylic acids is 2. The van der Waals surface area contributed by atoms with Crippen LogP contribution >= 0.6 is 23.4 Å². The minimum atomic E-state index is -1.39. The van der Waals surface area contributed by atoms with Crippen LogP contribution in [-0.4, -0.2) is 30.1 Å². The van der Waals surface area contributed by atoms with Crippen molar-refractivity contribution < 1.29 is 14.3 Å². The van der Waals surface area contributed by atoms with E-state index in [1.165, 1.54) is 11.8 Å². The van der Waals surface area contributed by atoms with Crippen LogP contribution in [0, 0.1) is 0 Å². The lowest BCUT2D eigenvalue weighted by atomic mass is 9.76. The van der Waals surface area contributed by atoms with Crippen LogP contribution in [0.2, 0.25) is 5.02 Å². The zero-order valence-electron chi connectivity index (χ0n) is 16.0. The number of nitrogens with zero attached hydrogens (tertiary/aromatic N) is 2. The van der Waals surface area contributed by atoms with Gasteiger partial charge in [-0.2, -0.15) is 0 Å². The average molecular weight is 427 g/mol. The smallest absolute Gasteiger partial charge is 0.336 e. The van der Waals surface area contributed by atoms with E-state index in [9.17, 15) is 9.59 Å². The number of ether oxygens (including phenoxy) is 1. The van der Waals surface area contributed by atoms with Crippen LogP contribution in [0.3, 0.4) is 0 Å². The molecular formula is C22H19ClN2O3S. The lowest BCUT2D eigenvalue weighted by Gasteiger charge is -2.27. The van der Waals surface area contributed by atoms with Gasteiger partial charge in [-0.3, -0.25) is 4.79 Å². The van der Waals surface area contributed by atoms with Gasteiger partial charge in [0.2, 0.25) is 5.91 Å². The molecule has 0 N–H and O–H groups in total. The zero-order chi connectivity index (χ0) is 20.6. The highest BCUT2D eigenvalue weighted by Crippen LogP contribution is 2.56. The minimum absolute atomic E-state index is 0.211. The molecule has 0 fully saturated rings. The van der Waals surface area contributed by atoms with Gasteiger partial charge in [0, 0.05) is 17.1 Å². The normalized spacial score (nSPS) is 21.6. The van der Waals surface area contributed by atoms with Crippen molar-refractivity contribution in [3.63, 3.8) is 0 Å². The fourth-order valence-corrected chi connectivity index (χ4v) is 5.28. The van der Waals surface area contributed by atoms with Crippen molar-refractivity contribution in [1.82, 2.24) is 0 Å². The zero-order valence-corrected chi connectivity index (χ0v) is 17.6. The van der Waals surface area contributed by atoms with E-state index in [1.807, 2.05) is 43.3 Å². The highest BCUT2D eigenvalue weighted by atomic mass is 35.5. The molecule has 0 radical (unpaired) electrons. The summed E-state index contributed by atoms with van der Waals surface area (Å²) in [5.41, 5.74) is 0.853. The van der Waals surface area contributed by atoms with Crippen molar-refractivity contribution in [2.45, 2.75) is 19.3 Å². The van der Waals surface area contributed by atoms with Gasteiger partial charge in [-0.1, -0.05) is 47.6 Å². The van der Waals surface area contributed by atoms with Crippen molar-refractivity contribution >= 4 is 51.7 Å². The Bertz CT molecular complexity index is 1050. The second-order valence-electron chi connectivity index (χ2n) is 6.56. The van der Waals surface area contributed by atoms with Crippen LogP contribution < -0.4 is 4.90 Å². The summed E-state index contributed by atoms with van der Waals surface area (Å²) in [7, 11) is 0. The number of hydrogen-bond donors (Lipinski definition) is 0. The Morgan fingerprint density at radius 2 is 1.93 bits per heavy atom. The Morgan fingerprint density at radius 1 is 1.17 bits per heavy atom. The van der Waals surface area contributed by atoms with Gasteiger partial charge in [0.15, 0.2) is 5.41 Å². The van der Waals surface area contributed by atoms with Gasteiger partial charge in [0.1, 0.15) is 5.04 Å². The number of hydrogen-bond acceptors (Lipinski definition) is 5. The molecule has 2 heterocycles. The maximum atomic E-state index is 13.8. The molecule has 0 aliphatic carbocycles. The third-order valence-corrected chi connectivity index (χ3v) is 6.32. The molecule has 1 atom stereocenters. The second-order valence-corrected chi connectivity index (χ2v) is 7.82. The van der Waals surface area contributed by atoms with Crippen molar-refractivity contribution in [2.24, 2.45) is 4.99 Å². The lowest BCUT2D eigenvalue weighted by molar-refractivity contribution is -0.140. The van der Waals surface area contributed by atoms with E-state index in [4.69, 9.17) is 21.3 Å². The summed E-state index contributed by atoms with van der Waals surface area (Å²) in [6.07, 6.45) is 0. The average Bonchev–Trinajstić information content (AvgIpc) is 3.21. The van der Waals surface area contributed by atoms with Gasteiger partial charge < -0.3 is 9.64 Å². The number of para-hydroxylation sites is 1. The highest BCUT2D eigenvalue weighted by Gasteiger charge is 2.62. The number of aliphatic imine (C=N–C) groups is 1. The predicted octanol–water partition coefficient (Wildman–Crippen LogP) is 4.87. The third-order valence-electron chi connectivity index (χ3n) is 5.03. The number of anilines is 1. The van der Waals surface area contributed by atoms with E-state index in [2.05, 4.69) is 0 Å². The highest BCUT2D eigenvalue weighted by molar-refractivity contribution is 8.17. The summed E-state index contributed by atoms with van der Waals surface area (Å²) in [6.45, 7) is 4.30. The molecule has 2 aliphatic heterocycles. The number of halogens is 1. The van der Waals surface area contributed by atoms with Crippen LogP contribution in [0.1, 0.15) is 19.4 Å². The molecular weight excluding hydrogens is 408 g/mol. The second kappa shape index (κ2) is 7.69. The van der Waals surface area contributed by atoms with E-state index >= 15 is 0 Å². The Labute approximate surface area is 178 Å². The Balaban J connectivity index is 2.01. The van der Waals surface area contributed by atoms with E-state index in [0.717, 1.165) is 0 Å². The molecule has 2 aromatic carbocycles. The fourth-order valence-electron chi connectivity index (χ4n) is 3.84. The van der Waals surface area contributed by atoms with E-state index in [-0.39, 0.29) is 18.1 Å². The molecule has 0 aromatic heterocycles. The molecule has 1 amide bonds. The van der Waals surface area contributed by atoms with E-state index < -0.39 is 11.4 Å². The van der Waals surface area contributed by atoms with E-state index in [0.29, 0.717) is 33.5 Å². The maximum Gasteiger partial charge on any atom is 0.336 e. The maximum absolute atomic E-state index is 13.8. The number of thioether (sulfide) groups is 1. The number of amides is 1. The number of carbonyl (C=O) groups is 2. The first kappa shape index (κ1) is 19.7. The summed E-state index contributed by atoms with van der Waals surface area (Å²) in [4.78, 5) is 33.1. The largest absolute Gasteiger partial charge is 0.463 e. The summed E-state index contributed by atoms with van der Waals surface area (Å²) in [5, 5.41) is 2.59. The monoisotopic (exact) mass is 426 g/mol. The van der Waals surface area contributed by atoms with Crippen molar-refractivity contribution in [3.8, 4) is 0 Å². The molecule has 2 aromatic rings. The molecule has 0 bridgehead atoms. The predicted molar refractivity (Wildman–Crippen MR) is 117 cm³/mol. The summed E-state index contributed by atoms with van der Waals surface area (Å²) in [5.74, 6) is -0.766.